The Balaban J connectivity index is 1.97. The Hall–Kier alpha value is -1.84. The van der Waals surface area contributed by atoms with Crippen LogP contribution in [-0.2, 0) is 4.79 Å². The van der Waals surface area contributed by atoms with Crippen molar-refractivity contribution in [2.45, 2.75) is 19.8 Å². The minimum atomic E-state index is 0.0616. The van der Waals surface area contributed by atoms with Crippen LogP contribution in [0.5, 0.6) is 0 Å². The predicted octanol–water partition coefficient (Wildman–Crippen LogP) is 1.94. The first-order valence-electron chi connectivity index (χ1n) is 7.06. The smallest absolute Gasteiger partial charge is 0.253 e. The van der Waals surface area contributed by atoms with Crippen LogP contribution in [0.15, 0.2) is 24.3 Å². The van der Waals surface area contributed by atoms with Crippen LogP contribution in [0.4, 0.5) is 0 Å². The number of likely N-dealkylation sites (tertiary alicyclic amines) is 1. The van der Waals surface area contributed by atoms with Gasteiger partial charge in [0, 0.05) is 38.7 Å². The first kappa shape index (κ1) is 14.6. The van der Waals surface area contributed by atoms with E-state index in [9.17, 15) is 9.59 Å². The molecule has 0 spiro atoms. The van der Waals surface area contributed by atoms with Crippen molar-refractivity contribution < 1.29 is 9.59 Å². The van der Waals surface area contributed by atoms with Crippen molar-refractivity contribution in [3.05, 3.63) is 35.4 Å². The van der Waals surface area contributed by atoms with Crippen LogP contribution < -0.4 is 0 Å². The SMILES string of the molecule is Cc1cccc(C(=O)N2CCC(C(=O)N(C)C)CC2)c1. The van der Waals surface area contributed by atoms with Crippen LogP contribution in [0.2, 0.25) is 0 Å². The molecule has 4 nitrogen and oxygen atoms in total. The highest BCUT2D eigenvalue weighted by Gasteiger charge is 2.28. The highest BCUT2D eigenvalue weighted by atomic mass is 16.2. The minimum Gasteiger partial charge on any atom is -0.349 e. The van der Waals surface area contributed by atoms with E-state index in [0.29, 0.717) is 13.1 Å². The lowest BCUT2D eigenvalue weighted by Gasteiger charge is -2.32. The van der Waals surface area contributed by atoms with Gasteiger partial charge in [-0.05, 0) is 31.9 Å². The van der Waals surface area contributed by atoms with Crippen molar-refractivity contribution in [2.75, 3.05) is 27.2 Å². The highest BCUT2D eigenvalue weighted by Crippen LogP contribution is 2.20. The molecule has 20 heavy (non-hydrogen) atoms. The second kappa shape index (κ2) is 6.07. The zero-order valence-corrected chi connectivity index (χ0v) is 12.4. The van der Waals surface area contributed by atoms with E-state index in [-0.39, 0.29) is 17.7 Å². The van der Waals surface area contributed by atoms with E-state index in [0.717, 1.165) is 24.0 Å². The molecule has 0 aliphatic carbocycles. The number of carbonyl (C=O) groups excluding carboxylic acids is 2. The maximum absolute atomic E-state index is 12.4. The lowest BCUT2D eigenvalue weighted by Crippen LogP contribution is -2.42. The van der Waals surface area contributed by atoms with Crippen LogP contribution in [0.1, 0.15) is 28.8 Å². The van der Waals surface area contributed by atoms with Crippen LogP contribution in [0.25, 0.3) is 0 Å². The first-order valence-corrected chi connectivity index (χ1v) is 7.06. The Morgan fingerprint density at radius 1 is 1.20 bits per heavy atom. The summed E-state index contributed by atoms with van der Waals surface area (Å²) < 4.78 is 0. The third kappa shape index (κ3) is 3.18. The average Bonchev–Trinajstić information content (AvgIpc) is 2.46. The Kier molecular flexibility index (Phi) is 4.42. The number of carbonyl (C=O) groups is 2. The second-order valence-electron chi connectivity index (χ2n) is 5.67. The fourth-order valence-electron chi connectivity index (χ4n) is 2.66. The zero-order valence-electron chi connectivity index (χ0n) is 12.4. The van der Waals surface area contributed by atoms with Gasteiger partial charge in [-0.25, -0.2) is 0 Å². The topological polar surface area (TPSA) is 40.6 Å². The molecule has 0 N–H and O–H groups in total. The fraction of sp³-hybridized carbons (Fsp3) is 0.500. The van der Waals surface area contributed by atoms with E-state index in [1.165, 1.54) is 0 Å². The summed E-state index contributed by atoms with van der Waals surface area (Å²) >= 11 is 0. The van der Waals surface area contributed by atoms with Crippen molar-refractivity contribution in [2.24, 2.45) is 5.92 Å². The van der Waals surface area contributed by atoms with Crippen molar-refractivity contribution in [3.63, 3.8) is 0 Å². The van der Waals surface area contributed by atoms with E-state index in [1.807, 2.05) is 36.1 Å². The van der Waals surface area contributed by atoms with Crippen molar-refractivity contribution in [1.82, 2.24) is 9.80 Å². The normalized spacial score (nSPS) is 16.1. The zero-order chi connectivity index (χ0) is 14.7. The number of nitrogens with zero attached hydrogens (tertiary/aromatic N) is 2. The lowest BCUT2D eigenvalue weighted by molar-refractivity contribution is -0.134. The van der Waals surface area contributed by atoms with Gasteiger partial charge in [-0.1, -0.05) is 17.7 Å². The van der Waals surface area contributed by atoms with E-state index in [2.05, 4.69) is 0 Å². The molecule has 0 bridgehead atoms. The molecule has 0 saturated carbocycles. The van der Waals surface area contributed by atoms with Gasteiger partial charge in [0.25, 0.3) is 5.91 Å². The second-order valence-corrected chi connectivity index (χ2v) is 5.67. The van der Waals surface area contributed by atoms with E-state index in [4.69, 9.17) is 0 Å². The highest BCUT2D eigenvalue weighted by molar-refractivity contribution is 5.94. The molecule has 1 aliphatic rings. The molecule has 4 heteroatoms. The number of hydrogen-bond donors (Lipinski definition) is 0. The van der Waals surface area contributed by atoms with Gasteiger partial charge in [0.15, 0.2) is 0 Å². The summed E-state index contributed by atoms with van der Waals surface area (Å²) in [6, 6.07) is 7.66. The maximum atomic E-state index is 12.4. The Labute approximate surface area is 120 Å². The Morgan fingerprint density at radius 3 is 2.40 bits per heavy atom. The third-order valence-corrected chi connectivity index (χ3v) is 3.84. The Bertz CT molecular complexity index is 503. The van der Waals surface area contributed by atoms with Gasteiger partial charge in [-0.15, -0.1) is 0 Å². The molecule has 108 valence electrons. The summed E-state index contributed by atoms with van der Waals surface area (Å²) in [5.41, 5.74) is 1.83. The van der Waals surface area contributed by atoms with E-state index >= 15 is 0 Å². The van der Waals surface area contributed by atoms with Gasteiger partial charge >= 0.3 is 0 Å². The quantitative estimate of drug-likeness (QED) is 0.827. The summed E-state index contributed by atoms with van der Waals surface area (Å²) in [5.74, 6) is 0.309. The van der Waals surface area contributed by atoms with Gasteiger partial charge in [0.05, 0.1) is 0 Å². The van der Waals surface area contributed by atoms with E-state index < -0.39 is 0 Å². The number of amides is 2. The molecule has 0 aromatic heterocycles. The van der Waals surface area contributed by atoms with Crippen LogP contribution in [-0.4, -0.2) is 48.8 Å². The molecule has 1 aromatic rings. The first-order chi connectivity index (χ1) is 9.49. The third-order valence-electron chi connectivity index (χ3n) is 3.84. The summed E-state index contributed by atoms with van der Waals surface area (Å²) in [5, 5.41) is 0. The molecule has 0 atom stereocenters. The lowest BCUT2D eigenvalue weighted by atomic mass is 9.95. The van der Waals surface area contributed by atoms with Crippen molar-refractivity contribution >= 4 is 11.8 Å². The number of piperidine rings is 1. The molecular weight excluding hydrogens is 252 g/mol. The fourth-order valence-corrected chi connectivity index (χ4v) is 2.66. The van der Waals surface area contributed by atoms with Gasteiger partial charge in [-0.2, -0.15) is 0 Å². The van der Waals surface area contributed by atoms with Crippen molar-refractivity contribution in [3.8, 4) is 0 Å². The molecule has 1 aromatic carbocycles. The molecule has 2 rings (SSSR count). The molecule has 2 amide bonds. The summed E-state index contributed by atoms with van der Waals surface area (Å²) in [4.78, 5) is 27.8. The Morgan fingerprint density at radius 2 is 1.85 bits per heavy atom. The predicted molar refractivity (Wildman–Crippen MR) is 78.5 cm³/mol. The average molecular weight is 274 g/mol. The molecule has 1 fully saturated rings. The van der Waals surface area contributed by atoms with Gasteiger partial charge in [0.1, 0.15) is 0 Å². The monoisotopic (exact) mass is 274 g/mol. The molecule has 0 unspecified atom stereocenters. The van der Waals surface area contributed by atoms with Gasteiger partial charge in [0.2, 0.25) is 5.91 Å². The summed E-state index contributed by atoms with van der Waals surface area (Å²) in [7, 11) is 3.57. The van der Waals surface area contributed by atoms with Crippen LogP contribution in [0.3, 0.4) is 0 Å². The number of benzene rings is 1. The number of rotatable bonds is 2. The maximum Gasteiger partial charge on any atom is 0.253 e. The molecule has 1 heterocycles. The van der Waals surface area contributed by atoms with Crippen LogP contribution >= 0.6 is 0 Å². The standard InChI is InChI=1S/C16H22N2O2/c1-12-5-4-6-14(11-12)16(20)18-9-7-13(8-10-18)15(19)17(2)3/h4-6,11,13H,7-10H2,1-3H3. The number of aryl methyl sites for hydroxylation is 1. The molecule has 1 aliphatic heterocycles. The molecule has 0 radical (unpaired) electrons. The van der Waals surface area contributed by atoms with Gasteiger partial charge in [-0.3, -0.25) is 9.59 Å². The minimum absolute atomic E-state index is 0.0616. The molecular formula is C16H22N2O2. The number of hydrogen-bond acceptors (Lipinski definition) is 2. The van der Waals surface area contributed by atoms with Crippen LogP contribution in [0, 0.1) is 12.8 Å². The largest absolute Gasteiger partial charge is 0.349 e. The van der Waals surface area contributed by atoms with E-state index in [1.54, 1.807) is 19.0 Å². The van der Waals surface area contributed by atoms with Crippen molar-refractivity contribution in [1.29, 1.82) is 0 Å². The van der Waals surface area contributed by atoms with Gasteiger partial charge < -0.3 is 9.80 Å². The molecule has 1 saturated heterocycles. The summed E-state index contributed by atoms with van der Waals surface area (Å²) in [6.45, 7) is 3.31. The summed E-state index contributed by atoms with van der Waals surface area (Å²) in [6.07, 6.45) is 1.52.